The highest BCUT2D eigenvalue weighted by molar-refractivity contribution is 6.25. The van der Waals surface area contributed by atoms with Crippen LogP contribution in [0, 0.1) is 13.8 Å². The van der Waals surface area contributed by atoms with E-state index in [1.807, 2.05) is 0 Å². The Morgan fingerprint density at radius 1 is 0.500 bits per heavy atom. The molecule has 0 fully saturated rings. The van der Waals surface area contributed by atoms with Gasteiger partial charge >= 0.3 is 0 Å². The van der Waals surface area contributed by atoms with E-state index in [0.717, 1.165) is 0 Å². The van der Waals surface area contributed by atoms with Gasteiger partial charge in [-0.15, -0.1) is 0 Å². The first-order valence-electron chi connectivity index (χ1n) is 10.5. The van der Waals surface area contributed by atoms with Crippen LogP contribution in [0.15, 0.2) is 73.1 Å². The number of H-pyrrole nitrogens is 2. The molecule has 0 aliphatic heterocycles. The standard InChI is InChI=1S/C28H18N2/c1-15-13-29-27-23-11-20-10-18-6-4-8-22-16(2)14-30-28(26(18)22)24(20)12-19(23)9-17-5-3-7-21(15)25(17)27/h3-14H,1-2H3/p+2. The molecule has 0 aliphatic carbocycles. The van der Waals surface area contributed by atoms with Crippen molar-refractivity contribution in [3.63, 3.8) is 0 Å². The lowest BCUT2D eigenvalue weighted by molar-refractivity contribution is -0.344. The molecular weight excluding hydrogens is 364 g/mol. The molecule has 7 aromatic rings. The zero-order valence-electron chi connectivity index (χ0n) is 16.9. The Kier molecular flexibility index (Phi) is 2.91. The van der Waals surface area contributed by atoms with Crippen LogP contribution < -0.4 is 9.97 Å². The molecule has 7 rings (SSSR count). The Morgan fingerprint density at radius 3 is 1.43 bits per heavy atom. The summed E-state index contributed by atoms with van der Waals surface area (Å²) in [4.78, 5) is 7.18. The molecule has 0 aliphatic rings. The number of aromatic nitrogens is 2. The van der Waals surface area contributed by atoms with Crippen molar-refractivity contribution in [3.05, 3.63) is 84.2 Å². The fraction of sp³-hybridized carbons (Fsp3) is 0.0714. The number of fused-ring (bicyclic) bond motifs is 4. The van der Waals surface area contributed by atoms with Crippen LogP contribution in [-0.4, -0.2) is 0 Å². The molecule has 2 N–H and O–H groups in total. The van der Waals surface area contributed by atoms with Gasteiger partial charge in [-0.1, -0.05) is 36.4 Å². The van der Waals surface area contributed by atoms with E-state index in [1.54, 1.807) is 0 Å². The maximum absolute atomic E-state index is 3.59. The van der Waals surface area contributed by atoms with Crippen molar-refractivity contribution in [2.75, 3.05) is 0 Å². The number of hydrogen-bond acceptors (Lipinski definition) is 0. The summed E-state index contributed by atoms with van der Waals surface area (Å²) in [7, 11) is 0. The molecule has 2 heteroatoms. The molecular formula is C28H20N2+2. The molecule has 140 valence electrons. The lowest BCUT2D eigenvalue weighted by atomic mass is 9.92. The number of nitrogens with one attached hydrogen (secondary N) is 2. The van der Waals surface area contributed by atoms with E-state index >= 15 is 0 Å². The molecule has 0 unspecified atom stereocenters. The Balaban J connectivity index is 1.74. The number of aryl methyl sites for hydroxylation is 2. The van der Waals surface area contributed by atoms with Crippen molar-refractivity contribution in [2.24, 2.45) is 0 Å². The van der Waals surface area contributed by atoms with Gasteiger partial charge in [0, 0.05) is 11.1 Å². The molecule has 0 bridgehead atoms. The van der Waals surface area contributed by atoms with Gasteiger partial charge in [0.15, 0.2) is 12.4 Å². The summed E-state index contributed by atoms with van der Waals surface area (Å²) in [5, 5.41) is 12.9. The van der Waals surface area contributed by atoms with Gasteiger partial charge in [-0.05, 0) is 70.4 Å². The van der Waals surface area contributed by atoms with Gasteiger partial charge in [0.05, 0.1) is 21.5 Å². The first kappa shape index (κ1) is 16.1. The van der Waals surface area contributed by atoms with Crippen molar-refractivity contribution in [1.29, 1.82) is 0 Å². The van der Waals surface area contributed by atoms with Crippen molar-refractivity contribution in [2.45, 2.75) is 13.8 Å². The van der Waals surface area contributed by atoms with Gasteiger partial charge in [-0.2, -0.15) is 0 Å². The molecule has 5 aromatic carbocycles. The second-order valence-electron chi connectivity index (χ2n) is 8.55. The third-order valence-electron chi connectivity index (χ3n) is 6.79. The summed E-state index contributed by atoms with van der Waals surface area (Å²) in [5.74, 6) is 0. The van der Waals surface area contributed by atoms with Crippen LogP contribution in [-0.2, 0) is 0 Å². The predicted octanol–water partition coefficient (Wildman–Crippen LogP) is 6.29. The zero-order valence-corrected chi connectivity index (χ0v) is 16.9. The van der Waals surface area contributed by atoms with Gasteiger partial charge in [0.2, 0.25) is 11.0 Å². The topological polar surface area (TPSA) is 28.3 Å². The van der Waals surface area contributed by atoms with E-state index in [2.05, 4.69) is 96.9 Å². The van der Waals surface area contributed by atoms with Crippen molar-refractivity contribution in [3.8, 4) is 0 Å². The van der Waals surface area contributed by atoms with E-state index in [9.17, 15) is 0 Å². The number of aromatic amines is 2. The maximum atomic E-state index is 3.59. The maximum Gasteiger partial charge on any atom is 0.219 e. The summed E-state index contributed by atoms with van der Waals surface area (Å²) in [6, 6.07) is 22.6. The normalized spacial score (nSPS) is 12.3. The molecule has 2 aromatic heterocycles. The average molecular weight is 384 g/mol. The molecule has 2 nitrogen and oxygen atoms in total. The Bertz CT molecular complexity index is 1680. The van der Waals surface area contributed by atoms with Crippen LogP contribution in [0.25, 0.3) is 64.9 Å². The fourth-order valence-corrected chi connectivity index (χ4v) is 5.32. The smallest absolute Gasteiger partial charge is 0.210 e. The van der Waals surface area contributed by atoms with Gasteiger partial charge in [0.1, 0.15) is 0 Å². The van der Waals surface area contributed by atoms with Crippen LogP contribution in [0.1, 0.15) is 11.1 Å². The summed E-state index contributed by atoms with van der Waals surface area (Å²) >= 11 is 0. The molecule has 0 spiro atoms. The monoisotopic (exact) mass is 384 g/mol. The highest BCUT2D eigenvalue weighted by Gasteiger charge is 2.18. The second-order valence-corrected chi connectivity index (χ2v) is 8.55. The van der Waals surface area contributed by atoms with E-state index in [-0.39, 0.29) is 0 Å². The number of benzene rings is 5. The first-order chi connectivity index (χ1) is 14.7. The lowest BCUT2D eigenvalue weighted by Gasteiger charge is -2.10. The molecule has 0 radical (unpaired) electrons. The van der Waals surface area contributed by atoms with Gasteiger partial charge in [-0.3, -0.25) is 0 Å². The van der Waals surface area contributed by atoms with E-state index < -0.39 is 0 Å². The molecule has 0 atom stereocenters. The average Bonchev–Trinajstić information content (AvgIpc) is 2.77. The molecule has 2 heterocycles. The van der Waals surface area contributed by atoms with Crippen LogP contribution >= 0.6 is 0 Å². The van der Waals surface area contributed by atoms with E-state index in [1.165, 1.54) is 76.0 Å². The minimum absolute atomic E-state index is 1.22. The predicted molar refractivity (Wildman–Crippen MR) is 125 cm³/mol. The largest absolute Gasteiger partial charge is 0.219 e. The number of rotatable bonds is 0. The van der Waals surface area contributed by atoms with E-state index in [4.69, 9.17) is 0 Å². The van der Waals surface area contributed by atoms with Crippen LogP contribution in [0.4, 0.5) is 0 Å². The van der Waals surface area contributed by atoms with E-state index in [0.29, 0.717) is 0 Å². The van der Waals surface area contributed by atoms with Crippen LogP contribution in [0.3, 0.4) is 0 Å². The fourth-order valence-electron chi connectivity index (χ4n) is 5.32. The number of hydrogen-bond donors (Lipinski definition) is 0. The molecule has 0 amide bonds. The highest BCUT2D eigenvalue weighted by atomic mass is 14.7. The second kappa shape index (κ2) is 5.43. The Labute approximate surface area is 173 Å². The summed E-state index contributed by atoms with van der Waals surface area (Å²) in [5.41, 5.74) is 5.00. The Morgan fingerprint density at radius 2 is 0.967 bits per heavy atom. The third kappa shape index (κ3) is 1.93. The van der Waals surface area contributed by atoms with Crippen molar-refractivity contribution in [1.82, 2.24) is 0 Å². The quantitative estimate of drug-likeness (QED) is 0.217. The van der Waals surface area contributed by atoms with Crippen LogP contribution in [0.2, 0.25) is 0 Å². The lowest BCUT2D eigenvalue weighted by Crippen LogP contribution is -2.07. The number of pyridine rings is 2. The SMILES string of the molecule is Cc1c[nH+]c2c3cc4cc5cccc6c(C)c[nH+]c(c4cc3cc3cccc1c32)c56. The zero-order chi connectivity index (χ0) is 20.0. The molecule has 0 saturated carbocycles. The van der Waals surface area contributed by atoms with Gasteiger partial charge in [-0.25, -0.2) is 9.97 Å². The molecule has 30 heavy (non-hydrogen) atoms. The summed E-state index contributed by atoms with van der Waals surface area (Å²) < 4.78 is 0. The Hall–Kier alpha value is -3.78. The minimum Gasteiger partial charge on any atom is -0.210 e. The third-order valence-corrected chi connectivity index (χ3v) is 6.79. The van der Waals surface area contributed by atoms with Gasteiger partial charge in [0.25, 0.3) is 0 Å². The van der Waals surface area contributed by atoms with Crippen molar-refractivity contribution >= 4 is 64.9 Å². The minimum atomic E-state index is 1.22. The summed E-state index contributed by atoms with van der Waals surface area (Å²) in [6.45, 7) is 4.34. The van der Waals surface area contributed by atoms with Crippen LogP contribution in [0.5, 0.6) is 0 Å². The van der Waals surface area contributed by atoms with Gasteiger partial charge < -0.3 is 0 Å². The summed E-state index contributed by atoms with van der Waals surface area (Å²) in [6.07, 6.45) is 4.26. The highest BCUT2D eigenvalue weighted by Crippen LogP contribution is 2.37. The molecule has 0 saturated heterocycles. The first-order valence-corrected chi connectivity index (χ1v) is 10.5. The van der Waals surface area contributed by atoms with Crippen molar-refractivity contribution < 1.29 is 9.97 Å².